The predicted octanol–water partition coefficient (Wildman–Crippen LogP) is 3.13. The molecule has 0 aliphatic carbocycles. The number of hydrogen-bond donors (Lipinski definition) is 0. The monoisotopic (exact) mass is 284 g/mol. The van der Waals surface area contributed by atoms with Crippen molar-refractivity contribution in [2.45, 2.75) is 25.3 Å². The molecule has 1 aromatic heterocycles. The fraction of sp³-hybridized carbons (Fsp3) is 0.294. The lowest BCUT2D eigenvalue weighted by molar-refractivity contribution is -0.131. The van der Waals surface area contributed by atoms with Crippen LogP contribution in [0, 0.1) is 5.82 Å². The third-order valence-electron chi connectivity index (χ3n) is 3.91. The number of rotatable bonds is 3. The van der Waals surface area contributed by atoms with Crippen LogP contribution in [-0.4, -0.2) is 22.3 Å². The van der Waals surface area contributed by atoms with Gasteiger partial charge in [0.2, 0.25) is 5.91 Å². The first-order valence-electron chi connectivity index (χ1n) is 7.18. The van der Waals surface area contributed by atoms with Crippen LogP contribution in [0.5, 0.6) is 0 Å². The first-order valence-corrected chi connectivity index (χ1v) is 7.18. The molecule has 0 radical (unpaired) electrons. The minimum Gasteiger partial charge on any atom is -0.335 e. The van der Waals surface area contributed by atoms with Gasteiger partial charge < -0.3 is 4.90 Å². The molecule has 0 saturated carbocycles. The van der Waals surface area contributed by atoms with Gasteiger partial charge in [-0.3, -0.25) is 9.78 Å². The Bertz CT molecular complexity index is 630. The van der Waals surface area contributed by atoms with E-state index in [1.54, 1.807) is 24.5 Å². The Kier molecular flexibility index (Phi) is 3.95. The molecule has 3 rings (SSSR count). The number of nitrogens with zero attached hydrogens (tertiary/aromatic N) is 2. The van der Waals surface area contributed by atoms with Crippen molar-refractivity contribution in [3.8, 4) is 0 Å². The number of carbonyl (C=O) groups is 1. The van der Waals surface area contributed by atoms with Crippen LogP contribution < -0.4 is 0 Å². The van der Waals surface area contributed by atoms with Crippen molar-refractivity contribution in [2.24, 2.45) is 0 Å². The second-order valence-corrected chi connectivity index (χ2v) is 5.33. The molecule has 1 aliphatic heterocycles. The van der Waals surface area contributed by atoms with Crippen LogP contribution >= 0.6 is 0 Å². The van der Waals surface area contributed by atoms with E-state index in [4.69, 9.17) is 0 Å². The minimum atomic E-state index is -0.299. The van der Waals surface area contributed by atoms with E-state index in [0.717, 1.165) is 30.5 Å². The highest BCUT2D eigenvalue weighted by molar-refractivity contribution is 5.79. The molecule has 1 saturated heterocycles. The van der Waals surface area contributed by atoms with Crippen LogP contribution in [0.1, 0.15) is 30.0 Å². The Balaban J connectivity index is 1.74. The highest BCUT2D eigenvalue weighted by atomic mass is 19.1. The van der Waals surface area contributed by atoms with Crippen molar-refractivity contribution in [1.29, 1.82) is 0 Å². The van der Waals surface area contributed by atoms with E-state index in [9.17, 15) is 9.18 Å². The summed E-state index contributed by atoms with van der Waals surface area (Å²) in [5.74, 6) is -0.243. The van der Waals surface area contributed by atoms with Gasteiger partial charge in [0, 0.05) is 18.9 Å². The van der Waals surface area contributed by atoms with Crippen molar-refractivity contribution in [3.05, 3.63) is 65.7 Å². The second-order valence-electron chi connectivity index (χ2n) is 5.33. The lowest BCUT2D eigenvalue weighted by Gasteiger charge is -2.25. The van der Waals surface area contributed by atoms with Gasteiger partial charge in [0.25, 0.3) is 0 Å². The van der Waals surface area contributed by atoms with Gasteiger partial charge in [-0.25, -0.2) is 4.39 Å². The Labute approximate surface area is 123 Å². The Hall–Kier alpha value is -2.23. The molecule has 1 fully saturated rings. The van der Waals surface area contributed by atoms with Crippen LogP contribution in [0.25, 0.3) is 0 Å². The minimum absolute atomic E-state index is 0.0555. The molecule has 1 aromatic carbocycles. The molecule has 2 heterocycles. The van der Waals surface area contributed by atoms with Gasteiger partial charge in [-0.2, -0.15) is 0 Å². The molecule has 108 valence electrons. The zero-order valence-corrected chi connectivity index (χ0v) is 11.7. The molecule has 3 nitrogen and oxygen atoms in total. The SMILES string of the molecule is O=C(Cc1cccc(F)c1)N1CCCC1c1ccncc1. The molecule has 2 aromatic rings. The molecule has 4 heteroatoms. The van der Waals surface area contributed by atoms with Crippen molar-refractivity contribution >= 4 is 5.91 Å². The van der Waals surface area contributed by atoms with Crippen LogP contribution in [0.4, 0.5) is 4.39 Å². The number of halogens is 1. The maximum atomic E-state index is 13.2. The van der Waals surface area contributed by atoms with Crippen molar-refractivity contribution in [2.75, 3.05) is 6.54 Å². The summed E-state index contributed by atoms with van der Waals surface area (Å²) in [7, 11) is 0. The van der Waals surface area contributed by atoms with Gasteiger partial charge in [-0.15, -0.1) is 0 Å². The smallest absolute Gasteiger partial charge is 0.227 e. The summed E-state index contributed by atoms with van der Waals surface area (Å²) in [5, 5.41) is 0. The zero-order chi connectivity index (χ0) is 14.7. The lowest BCUT2D eigenvalue weighted by Crippen LogP contribution is -2.31. The fourth-order valence-electron chi connectivity index (χ4n) is 2.92. The first-order chi connectivity index (χ1) is 10.2. The average Bonchev–Trinajstić information content (AvgIpc) is 2.98. The summed E-state index contributed by atoms with van der Waals surface area (Å²) in [6.45, 7) is 0.765. The van der Waals surface area contributed by atoms with Crippen LogP contribution in [0.3, 0.4) is 0 Å². The van der Waals surface area contributed by atoms with Gasteiger partial charge in [0.15, 0.2) is 0 Å². The maximum Gasteiger partial charge on any atom is 0.227 e. The second kappa shape index (κ2) is 6.04. The van der Waals surface area contributed by atoms with Crippen molar-refractivity contribution < 1.29 is 9.18 Å². The third-order valence-corrected chi connectivity index (χ3v) is 3.91. The van der Waals surface area contributed by atoms with E-state index in [1.165, 1.54) is 12.1 Å². The molecule has 0 N–H and O–H groups in total. The maximum absolute atomic E-state index is 13.2. The van der Waals surface area contributed by atoms with Crippen LogP contribution in [0.15, 0.2) is 48.8 Å². The predicted molar refractivity (Wildman–Crippen MR) is 78.0 cm³/mol. The molecular weight excluding hydrogens is 267 g/mol. The summed E-state index contributed by atoms with van der Waals surface area (Å²) in [4.78, 5) is 18.4. The number of amides is 1. The molecule has 0 spiro atoms. The van der Waals surface area contributed by atoms with E-state index in [2.05, 4.69) is 4.98 Å². The number of carbonyl (C=O) groups excluding carboxylic acids is 1. The normalized spacial score (nSPS) is 18.0. The van der Waals surface area contributed by atoms with Crippen LogP contribution in [-0.2, 0) is 11.2 Å². The van der Waals surface area contributed by atoms with Gasteiger partial charge in [-0.1, -0.05) is 12.1 Å². The van der Waals surface area contributed by atoms with Gasteiger partial charge in [0.1, 0.15) is 5.82 Å². The van der Waals surface area contributed by atoms with E-state index >= 15 is 0 Å². The van der Waals surface area contributed by atoms with E-state index in [-0.39, 0.29) is 24.2 Å². The van der Waals surface area contributed by atoms with Gasteiger partial charge in [0.05, 0.1) is 12.5 Å². The molecule has 1 amide bonds. The van der Waals surface area contributed by atoms with E-state index < -0.39 is 0 Å². The van der Waals surface area contributed by atoms with Crippen molar-refractivity contribution in [1.82, 2.24) is 9.88 Å². The van der Waals surface area contributed by atoms with Crippen molar-refractivity contribution in [3.63, 3.8) is 0 Å². The summed E-state index contributed by atoms with van der Waals surface area (Å²) >= 11 is 0. The topological polar surface area (TPSA) is 33.2 Å². The Morgan fingerprint density at radius 3 is 2.86 bits per heavy atom. The molecule has 1 aliphatic rings. The number of likely N-dealkylation sites (tertiary alicyclic amines) is 1. The highest BCUT2D eigenvalue weighted by Crippen LogP contribution is 2.31. The quantitative estimate of drug-likeness (QED) is 0.867. The molecule has 0 bridgehead atoms. The molecular formula is C17H17FN2O. The molecule has 1 atom stereocenters. The van der Waals surface area contributed by atoms with E-state index in [1.807, 2.05) is 17.0 Å². The summed E-state index contributed by atoms with van der Waals surface area (Å²) in [6, 6.07) is 10.3. The molecule has 1 unspecified atom stereocenters. The lowest BCUT2D eigenvalue weighted by atomic mass is 10.1. The Morgan fingerprint density at radius 1 is 1.29 bits per heavy atom. The fourth-order valence-corrected chi connectivity index (χ4v) is 2.92. The number of aromatic nitrogens is 1. The zero-order valence-electron chi connectivity index (χ0n) is 11.7. The largest absolute Gasteiger partial charge is 0.335 e. The van der Waals surface area contributed by atoms with E-state index in [0.29, 0.717) is 0 Å². The Morgan fingerprint density at radius 2 is 2.10 bits per heavy atom. The third kappa shape index (κ3) is 3.10. The summed E-state index contributed by atoms with van der Waals surface area (Å²) < 4.78 is 13.2. The molecule has 21 heavy (non-hydrogen) atoms. The van der Waals surface area contributed by atoms with Gasteiger partial charge in [-0.05, 0) is 48.2 Å². The highest BCUT2D eigenvalue weighted by Gasteiger charge is 2.29. The first kappa shape index (κ1) is 13.7. The van der Waals surface area contributed by atoms with Gasteiger partial charge >= 0.3 is 0 Å². The number of benzene rings is 1. The average molecular weight is 284 g/mol. The summed E-state index contributed by atoms with van der Waals surface area (Å²) in [5.41, 5.74) is 1.84. The van der Waals surface area contributed by atoms with Crippen LogP contribution in [0.2, 0.25) is 0 Å². The number of pyridine rings is 1. The standard InChI is InChI=1S/C17H17FN2O/c18-15-4-1-3-13(11-15)12-17(21)20-10-2-5-16(20)14-6-8-19-9-7-14/h1,3-4,6-9,11,16H,2,5,10,12H2. The summed E-state index contributed by atoms with van der Waals surface area (Å²) in [6.07, 6.45) is 5.73. The number of hydrogen-bond acceptors (Lipinski definition) is 2.